The topological polar surface area (TPSA) is 93.0 Å². The highest BCUT2D eigenvalue weighted by molar-refractivity contribution is 5.74. The molecular weight excluding hydrogens is 352 g/mol. The fourth-order valence-electron chi connectivity index (χ4n) is 4.89. The van der Waals surface area contributed by atoms with Gasteiger partial charge in [-0.15, -0.1) is 0 Å². The number of H-pyrrole nitrogens is 1. The molecule has 5 unspecified atom stereocenters. The van der Waals surface area contributed by atoms with Crippen molar-refractivity contribution in [1.29, 1.82) is 0 Å². The number of nitrogens with one attached hydrogen (secondary N) is 2. The fourth-order valence-corrected chi connectivity index (χ4v) is 4.89. The number of nitrogens with zero attached hydrogens (tertiary/aromatic N) is 1. The van der Waals surface area contributed by atoms with Crippen LogP contribution in [-0.4, -0.2) is 34.2 Å². The first-order valence-electron chi connectivity index (χ1n) is 11.1. The lowest BCUT2D eigenvalue weighted by Crippen LogP contribution is -2.52. The molecule has 0 radical (unpaired) electrons. The molecule has 0 amide bonds. The van der Waals surface area contributed by atoms with Crippen LogP contribution >= 0.6 is 0 Å². The standard InChI is InChI=1S/C22H38N4O2/c1-14(2)9-17-11-20(28-22(17)27)18(10-16-7-5-4-6-8-16)26-21(23)15(3)19-12-24-13-25-19/h12-18,20-21,26H,4-11,23H2,1-3H3,(H,24,25). The minimum absolute atomic E-state index is 0.0238. The zero-order valence-corrected chi connectivity index (χ0v) is 17.7. The molecule has 2 fully saturated rings. The van der Waals surface area contributed by atoms with E-state index in [4.69, 9.17) is 10.5 Å². The Kier molecular flexibility index (Phi) is 7.52. The number of esters is 1. The van der Waals surface area contributed by atoms with Crippen molar-refractivity contribution in [2.75, 3.05) is 0 Å². The Labute approximate surface area is 169 Å². The SMILES string of the molecule is CC(C)CC1CC(C(CC2CCCCC2)NC(N)C(C)c2cnc[nH]2)OC1=O. The third-order valence-electron chi connectivity index (χ3n) is 6.59. The third kappa shape index (κ3) is 5.57. The van der Waals surface area contributed by atoms with Gasteiger partial charge in [0.05, 0.1) is 18.4 Å². The van der Waals surface area contributed by atoms with Crippen LogP contribution in [0.2, 0.25) is 0 Å². The second-order valence-electron chi connectivity index (χ2n) is 9.37. The van der Waals surface area contributed by atoms with E-state index in [0.29, 0.717) is 11.8 Å². The second kappa shape index (κ2) is 9.88. The number of aromatic amines is 1. The highest BCUT2D eigenvalue weighted by Gasteiger charge is 2.40. The molecule has 0 bridgehead atoms. The van der Waals surface area contributed by atoms with Crippen molar-refractivity contribution in [3.05, 3.63) is 18.2 Å². The van der Waals surface area contributed by atoms with E-state index in [-0.39, 0.29) is 36.1 Å². The molecule has 0 spiro atoms. The molecule has 1 aromatic heterocycles. The van der Waals surface area contributed by atoms with Crippen LogP contribution in [0.3, 0.4) is 0 Å². The van der Waals surface area contributed by atoms with E-state index in [9.17, 15) is 4.79 Å². The van der Waals surface area contributed by atoms with Crippen molar-refractivity contribution >= 4 is 5.97 Å². The van der Waals surface area contributed by atoms with Crippen LogP contribution in [0.25, 0.3) is 0 Å². The Bertz CT molecular complexity index is 598. The van der Waals surface area contributed by atoms with E-state index in [0.717, 1.165) is 25.0 Å². The first kappa shape index (κ1) is 21.3. The van der Waals surface area contributed by atoms with Gasteiger partial charge in [0.15, 0.2) is 0 Å². The predicted molar refractivity (Wildman–Crippen MR) is 111 cm³/mol. The van der Waals surface area contributed by atoms with Crippen LogP contribution in [0.15, 0.2) is 12.5 Å². The monoisotopic (exact) mass is 390 g/mol. The summed E-state index contributed by atoms with van der Waals surface area (Å²) >= 11 is 0. The number of ether oxygens (including phenoxy) is 1. The quantitative estimate of drug-likeness (QED) is 0.441. The van der Waals surface area contributed by atoms with Crippen LogP contribution in [-0.2, 0) is 9.53 Å². The molecule has 1 aliphatic carbocycles. The average molecular weight is 391 g/mol. The van der Waals surface area contributed by atoms with Gasteiger partial charge in [0.25, 0.3) is 0 Å². The molecule has 3 rings (SSSR count). The summed E-state index contributed by atoms with van der Waals surface area (Å²) in [6, 6.07) is 0.115. The van der Waals surface area contributed by atoms with Gasteiger partial charge in [0.1, 0.15) is 6.10 Å². The van der Waals surface area contributed by atoms with Gasteiger partial charge in [-0.05, 0) is 31.1 Å². The average Bonchev–Trinajstić information content (AvgIpc) is 3.31. The van der Waals surface area contributed by atoms with Crippen LogP contribution < -0.4 is 11.1 Å². The zero-order valence-electron chi connectivity index (χ0n) is 17.7. The van der Waals surface area contributed by atoms with E-state index in [1.807, 2.05) is 6.20 Å². The van der Waals surface area contributed by atoms with Gasteiger partial charge in [0, 0.05) is 23.9 Å². The number of rotatable bonds is 9. The van der Waals surface area contributed by atoms with E-state index in [2.05, 4.69) is 36.1 Å². The summed E-state index contributed by atoms with van der Waals surface area (Å²) in [7, 11) is 0. The van der Waals surface area contributed by atoms with Crippen molar-refractivity contribution in [1.82, 2.24) is 15.3 Å². The fraction of sp³-hybridized carbons (Fsp3) is 0.818. The normalized spacial score (nSPS) is 27.0. The summed E-state index contributed by atoms with van der Waals surface area (Å²) in [4.78, 5) is 19.7. The third-order valence-corrected chi connectivity index (χ3v) is 6.59. The van der Waals surface area contributed by atoms with Crippen LogP contribution in [0.1, 0.15) is 83.7 Å². The van der Waals surface area contributed by atoms with Gasteiger partial charge in [-0.2, -0.15) is 0 Å². The minimum Gasteiger partial charge on any atom is -0.460 e. The van der Waals surface area contributed by atoms with Crippen molar-refractivity contribution in [2.24, 2.45) is 23.5 Å². The predicted octanol–water partition coefficient (Wildman–Crippen LogP) is 3.70. The summed E-state index contributed by atoms with van der Waals surface area (Å²) in [5, 5.41) is 3.64. The zero-order chi connectivity index (χ0) is 20.1. The van der Waals surface area contributed by atoms with Gasteiger partial charge < -0.3 is 15.5 Å². The molecule has 6 heteroatoms. The van der Waals surface area contributed by atoms with Crippen LogP contribution in [0.4, 0.5) is 0 Å². The molecule has 4 N–H and O–H groups in total. The number of nitrogens with two attached hydrogens (primary N) is 1. The minimum atomic E-state index is -0.211. The van der Waals surface area contributed by atoms with Crippen molar-refractivity contribution < 1.29 is 9.53 Å². The maximum atomic E-state index is 12.4. The van der Waals surface area contributed by atoms with Crippen molar-refractivity contribution in [3.8, 4) is 0 Å². The van der Waals surface area contributed by atoms with E-state index >= 15 is 0 Å². The van der Waals surface area contributed by atoms with Crippen molar-refractivity contribution in [3.63, 3.8) is 0 Å². The first-order chi connectivity index (χ1) is 13.4. The maximum absolute atomic E-state index is 12.4. The number of hydrogen-bond donors (Lipinski definition) is 3. The summed E-state index contributed by atoms with van der Waals surface area (Å²) in [6.07, 6.45) is 12.5. The molecule has 1 aliphatic heterocycles. The molecule has 5 atom stereocenters. The van der Waals surface area contributed by atoms with Gasteiger partial charge in [0.2, 0.25) is 0 Å². The number of carbonyl (C=O) groups is 1. The van der Waals surface area contributed by atoms with Crippen LogP contribution in [0, 0.1) is 17.8 Å². The van der Waals surface area contributed by atoms with Crippen LogP contribution in [0.5, 0.6) is 0 Å². The number of hydrogen-bond acceptors (Lipinski definition) is 5. The molecule has 2 aliphatic rings. The molecule has 0 aromatic carbocycles. The molecule has 1 aromatic rings. The Hall–Kier alpha value is -1.40. The lowest BCUT2D eigenvalue weighted by molar-refractivity contribution is -0.145. The summed E-state index contributed by atoms with van der Waals surface area (Å²) in [6.45, 7) is 6.44. The van der Waals surface area contributed by atoms with Gasteiger partial charge >= 0.3 is 5.97 Å². The summed E-state index contributed by atoms with van der Waals surface area (Å²) in [5.41, 5.74) is 7.56. The highest BCUT2D eigenvalue weighted by atomic mass is 16.6. The second-order valence-corrected chi connectivity index (χ2v) is 9.37. The summed E-state index contributed by atoms with van der Waals surface area (Å²) in [5.74, 6) is 1.32. The number of imidazole rings is 1. The van der Waals surface area contributed by atoms with Crippen molar-refractivity contribution in [2.45, 2.75) is 96.4 Å². The van der Waals surface area contributed by atoms with E-state index in [1.165, 1.54) is 32.1 Å². The molecule has 1 saturated heterocycles. The maximum Gasteiger partial charge on any atom is 0.309 e. The number of cyclic esters (lactones) is 1. The van der Waals surface area contributed by atoms with E-state index < -0.39 is 0 Å². The Morgan fingerprint density at radius 3 is 2.64 bits per heavy atom. The summed E-state index contributed by atoms with van der Waals surface area (Å²) < 4.78 is 5.87. The lowest BCUT2D eigenvalue weighted by Gasteiger charge is -2.33. The van der Waals surface area contributed by atoms with E-state index in [1.54, 1.807) is 6.33 Å². The Morgan fingerprint density at radius 2 is 2.00 bits per heavy atom. The smallest absolute Gasteiger partial charge is 0.309 e. The molecule has 2 heterocycles. The van der Waals surface area contributed by atoms with Gasteiger partial charge in [-0.3, -0.25) is 10.1 Å². The Morgan fingerprint density at radius 1 is 1.25 bits per heavy atom. The van der Waals surface area contributed by atoms with Gasteiger partial charge in [-0.1, -0.05) is 52.9 Å². The molecule has 6 nitrogen and oxygen atoms in total. The lowest BCUT2D eigenvalue weighted by atomic mass is 9.82. The molecule has 1 saturated carbocycles. The number of carbonyl (C=O) groups excluding carboxylic acids is 1. The number of aromatic nitrogens is 2. The molecule has 158 valence electrons. The van der Waals surface area contributed by atoms with Gasteiger partial charge in [-0.25, -0.2) is 4.98 Å². The molecular formula is C22H38N4O2. The first-order valence-corrected chi connectivity index (χ1v) is 11.1. The Balaban J connectivity index is 1.67. The largest absolute Gasteiger partial charge is 0.460 e. The molecule has 28 heavy (non-hydrogen) atoms. The highest BCUT2D eigenvalue weighted by Crippen LogP contribution is 2.34.